The zero-order chi connectivity index (χ0) is 17.0. The molecule has 1 aliphatic heterocycles. The summed E-state index contributed by atoms with van der Waals surface area (Å²) in [6.07, 6.45) is -2.29. The van der Waals surface area contributed by atoms with Gasteiger partial charge in [0.2, 0.25) is 0 Å². The van der Waals surface area contributed by atoms with Gasteiger partial charge in [0.1, 0.15) is 17.7 Å². The third kappa shape index (κ3) is 3.31. The molecule has 1 aromatic rings. The largest absolute Gasteiger partial charge is 0.456 e. The van der Waals surface area contributed by atoms with Crippen LogP contribution in [0.25, 0.3) is 0 Å². The summed E-state index contributed by atoms with van der Waals surface area (Å²) in [4.78, 5) is 29.7. The van der Waals surface area contributed by atoms with Crippen LogP contribution >= 0.6 is 0 Å². The fourth-order valence-electron chi connectivity index (χ4n) is 2.21. The van der Waals surface area contributed by atoms with Gasteiger partial charge in [-0.05, 0) is 0 Å². The minimum absolute atomic E-state index is 0.00242. The maximum atomic E-state index is 11.5. The quantitative estimate of drug-likeness (QED) is 0.617. The molecule has 0 amide bonds. The molecule has 2 rings (SSSR count). The van der Waals surface area contributed by atoms with E-state index in [1.54, 1.807) is 0 Å². The molecule has 0 aliphatic carbocycles. The van der Waals surface area contributed by atoms with Gasteiger partial charge < -0.3 is 30.7 Å². The first-order valence-electron chi connectivity index (χ1n) is 7.54. The molecule has 0 bridgehead atoms. The van der Waals surface area contributed by atoms with Crippen LogP contribution in [0.15, 0.2) is 6.20 Å². The van der Waals surface area contributed by atoms with Crippen molar-refractivity contribution in [2.75, 3.05) is 12.3 Å². The van der Waals surface area contributed by atoms with E-state index in [9.17, 15) is 9.59 Å². The van der Waals surface area contributed by atoms with Gasteiger partial charge in [-0.15, -0.1) is 0 Å². The number of hydrogen-bond acceptors (Lipinski definition) is 8. The van der Waals surface area contributed by atoms with E-state index in [0.29, 0.717) is 0 Å². The van der Waals surface area contributed by atoms with Gasteiger partial charge in [0.25, 0.3) is 0 Å². The molecule has 0 radical (unpaired) electrons. The molecule has 0 saturated carbocycles. The number of carbonyl (C=O) groups excluding carboxylic acids is 2. The summed E-state index contributed by atoms with van der Waals surface area (Å²) in [6.45, 7) is -1.20. The lowest BCUT2D eigenvalue weighted by atomic mass is 10.1. The zero-order valence-corrected chi connectivity index (χ0v) is 11.2. The molecule has 1 saturated heterocycles. The molecule has 1 aliphatic rings. The van der Waals surface area contributed by atoms with Crippen molar-refractivity contribution >= 4 is 17.8 Å². The van der Waals surface area contributed by atoms with E-state index in [-0.39, 0.29) is 18.2 Å². The Balaban J connectivity index is 2.29. The molecule has 2 heterocycles. The van der Waals surface area contributed by atoms with Crippen LogP contribution < -0.4 is 11.5 Å². The maximum Gasteiger partial charge on any atom is 0.303 e. The highest BCUT2D eigenvalue weighted by molar-refractivity contribution is 5.67. The van der Waals surface area contributed by atoms with Gasteiger partial charge in [0.15, 0.2) is 18.3 Å². The first kappa shape index (κ1) is 12.6. The van der Waals surface area contributed by atoms with Crippen LogP contribution in [0.5, 0.6) is 0 Å². The van der Waals surface area contributed by atoms with E-state index in [4.69, 9.17) is 28.4 Å². The third-order valence-electron chi connectivity index (χ3n) is 2.96. The van der Waals surface area contributed by atoms with Crippen molar-refractivity contribution in [3.05, 3.63) is 12.0 Å². The summed E-state index contributed by atoms with van der Waals surface area (Å²) >= 11 is 0. The number of nitrogens with two attached hydrogens (primary N) is 2. The average molecular weight is 300 g/mol. The van der Waals surface area contributed by atoms with E-state index in [2.05, 4.69) is 9.97 Å². The molecule has 21 heavy (non-hydrogen) atoms. The van der Waals surface area contributed by atoms with Crippen molar-refractivity contribution in [2.45, 2.75) is 38.2 Å². The number of esters is 2. The minimum atomic E-state index is -1.04. The van der Waals surface area contributed by atoms with Crippen molar-refractivity contribution in [3.63, 3.8) is 0 Å². The first-order chi connectivity index (χ1) is 11.0. The molecule has 0 spiro atoms. The summed E-state index contributed by atoms with van der Waals surface area (Å²) in [5.41, 5.74) is 11.2. The molecule has 1 fully saturated rings. The Morgan fingerprint density at radius 2 is 2.10 bits per heavy atom. The smallest absolute Gasteiger partial charge is 0.303 e. The van der Waals surface area contributed by atoms with E-state index in [1.807, 2.05) is 0 Å². The number of H-pyrrole nitrogens is 1. The molecule has 4 atom stereocenters. The number of carbonyl (C=O) groups is 2. The number of imidazole rings is 1. The second kappa shape index (κ2) is 6.10. The highest BCUT2D eigenvalue weighted by atomic mass is 16.6. The molecule has 116 valence electrons. The third-order valence-corrected chi connectivity index (χ3v) is 2.96. The molecule has 9 nitrogen and oxygen atoms in total. The summed E-state index contributed by atoms with van der Waals surface area (Å²) in [5, 5.41) is 0. The van der Waals surface area contributed by atoms with Gasteiger partial charge >= 0.3 is 11.9 Å². The maximum absolute atomic E-state index is 11.5. The van der Waals surface area contributed by atoms with Crippen LogP contribution in [0.4, 0.5) is 5.82 Å². The van der Waals surface area contributed by atoms with Crippen molar-refractivity contribution in [3.8, 4) is 0 Å². The van der Waals surface area contributed by atoms with Gasteiger partial charge in [0, 0.05) is 23.1 Å². The summed E-state index contributed by atoms with van der Waals surface area (Å²) in [6, 6.07) is 0. The molecule has 9 heteroatoms. The second-order valence-electron chi connectivity index (χ2n) is 4.46. The number of aromatic nitrogens is 2. The molecule has 5 N–H and O–H groups in total. The molecule has 0 aromatic carbocycles. The van der Waals surface area contributed by atoms with E-state index >= 15 is 0 Å². The number of nitrogen functional groups attached to an aromatic ring is 1. The van der Waals surface area contributed by atoms with Crippen LogP contribution in [0.2, 0.25) is 0 Å². The molecule has 1 unspecified atom stereocenters. The Morgan fingerprint density at radius 3 is 2.62 bits per heavy atom. The van der Waals surface area contributed by atoms with Crippen molar-refractivity contribution in [1.29, 1.82) is 0 Å². The monoisotopic (exact) mass is 300 g/mol. The highest BCUT2D eigenvalue weighted by Crippen LogP contribution is 2.36. The molecular formula is C12H18N4O5. The van der Waals surface area contributed by atoms with E-state index in [0.717, 1.165) is 0 Å². The summed E-state index contributed by atoms with van der Waals surface area (Å²) < 4.78 is 30.1. The summed E-state index contributed by atoms with van der Waals surface area (Å²) in [5.74, 6) is -1.05. The SMILES string of the molecule is [2H]CC(=O)O[C@@H]1[C@@H](CN)OC(c2ncc(N)[nH]2)[C@@H]1OC(=O)C[2H]. The van der Waals surface area contributed by atoms with E-state index < -0.39 is 50.2 Å². The van der Waals surface area contributed by atoms with Gasteiger partial charge in [0.05, 0.1) is 6.20 Å². The summed E-state index contributed by atoms with van der Waals surface area (Å²) in [7, 11) is 0. The number of aromatic amines is 1. The van der Waals surface area contributed by atoms with Gasteiger partial charge in [-0.25, -0.2) is 4.98 Å². The predicted octanol–water partition coefficient (Wildman–Crippen LogP) is -0.746. The van der Waals surface area contributed by atoms with Crippen LogP contribution in [0.1, 0.15) is 28.5 Å². The van der Waals surface area contributed by atoms with E-state index in [1.165, 1.54) is 6.20 Å². The Kier molecular flexibility index (Phi) is 3.66. The first-order valence-corrected chi connectivity index (χ1v) is 6.13. The fourth-order valence-corrected chi connectivity index (χ4v) is 2.21. The highest BCUT2D eigenvalue weighted by Gasteiger charge is 2.50. The Bertz CT molecular complexity index is 569. The Hall–Kier alpha value is -2.13. The fraction of sp³-hybridized carbons (Fsp3) is 0.583. The number of nitrogens with one attached hydrogen (secondary N) is 1. The lowest BCUT2D eigenvalue weighted by Gasteiger charge is -2.22. The van der Waals surface area contributed by atoms with Crippen LogP contribution in [-0.2, 0) is 23.8 Å². The van der Waals surface area contributed by atoms with Gasteiger partial charge in [-0.3, -0.25) is 9.59 Å². The number of nitrogens with zero attached hydrogens (tertiary/aromatic N) is 1. The second-order valence-corrected chi connectivity index (χ2v) is 4.46. The Morgan fingerprint density at radius 1 is 1.43 bits per heavy atom. The number of rotatable bonds is 4. The number of hydrogen-bond donors (Lipinski definition) is 3. The van der Waals surface area contributed by atoms with Crippen LogP contribution in [0, 0.1) is 0 Å². The normalized spacial score (nSPS) is 29.6. The molecule has 1 aromatic heterocycles. The number of anilines is 1. The minimum Gasteiger partial charge on any atom is -0.456 e. The van der Waals surface area contributed by atoms with Gasteiger partial charge in [-0.1, -0.05) is 0 Å². The lowest BCUT2D eigenvalue weighted by molar-refractivity contribution is -0.164. The standard InChI is InChI=1S/C12H18N4O5/c1-5(17)19-9-7(3-13)21-11(10(9)20-6(2)18)12-15-4-8(14)16-12/h4,7,9-11H,3,13-14H2,1-2H3,(H,15,16)/t7-,9-,10-,11?/m1/s1/i1D,2D. The Labute approximate surface area is 123 Å². The molecular weight excluding hydrogens is 280 g/mol. The van der Waals surface area contributed by atoms with Gasteiger partial charge in [-0.2, -0.15) is 0 Å². The predicted molar refractivity (Wildman–Crippen MR) is 70.8 cm³/mol. The zero-order valence-electron chi connectivity index (χ0n) is 13.2. The van der Waals surface area contributed by atoms with Crippen molar-refractivity contribution in [1.82, 2.24) is 9.97 Å². The average Bonchev–Trinajstić information content (AvgIpc) is 3.11. The van der Waals surface area contributed by atoms with Crippen LogP contribution in [0.3, 0.4) is 0 Å². The number of ether oxygens (including phenoxy) is 3. The topological polar surface area (TPSA) is 143 Å². The van der Waals surface area contributed by atoms with Crippen molar-refractivity contribution in [2.24, 2.45) is 5.73 Å². The van der Waals surface area contributed by atoms with Crippen LogP contribution in [-0.4, -0.2) is 46.8 Å². The van der Waals surface area contributed by atoms with Crippen molar-refractivity contribution < 1.29 is 26.5 Å². The lowest BCUT2D eigenvalue weighted by Crippen LogP contribution is -2.41.